The van der Waals surface area contributed by atoms with Crippen LogP contribution < -0.4 is 5.32 Å². The molecule has 0 amide bonds. The van der Waals surface area contributed by atoms with Crippen molar-refractivity contribution in [3.63, 3.8) is 0 Å². The lowest BCUT2D eigenvalue weighted by atomic mass is 10.1. The fourth-order valence-corrected chi connectivity index (χ4v) is 2.65. The van der Waals surface area contributed by atoms with Gasteiger partial charge in [-0.3, -0.25) is 0 Å². The van der Waals surface area contributed by atoms with Gasteiger partial charge in [-0.05, 0) is 30.4 Å². The lowest BCUT2D eigenvalue weighted by Gasteiger charge is -2.07. The van der Waals surface area contributed by atoms with Gasteiger partial charge >= 0.3 is 0 Å². The molecule has 0 spiro atoms. The highest BCUT2D eigenvalue weighted by molar-refractivity contribution is 5.15. The summed E-state index contributed by atoms with van der Waals surface area (Å²) >= 11 is 0. The van der Waals surface area contributed by atoms with Crippen molar-refractivity contribution in [3.05, 3.63) is 71.8 Å². The standard InChI is InChI=1S/C22H31NO2/c1-4-10-21(11-5-1)12-8-3-9-16-24-18-19-25-17-15-23-20-22-13-6-2-7-14-22/h1-2,4-7,10-11,13-14,23H,3,8-9,12,15-20H2. The van der Waals surface area contributed by atoms with Gasteiger partial charge < -0.3 is 14.8 Å². The summed E-state index contributed by atoms with van der Waals surface area (Å²) in [6, 6.07) is 21.1. The summed E-state index contributed by atoms with van der Waals surface area (Å²) in [6.07, 6.45) is 4.75. The number of unbranched alkanes of at least 4 members (excludes halogenated alkanes) is 2. The van der Waals surface area contributed by atoms with Gasteiger partial charge in [0.1, 0.15) is 0 Å². The van der Waals surface area contributed by atoms with Crippen LogP contribution >= 0.6 is 0 Å². The fourth-order valence-electron chi connectivity index (χ4n) is 2.65. The third-order valence-electron chi connectivity index (χ3n) is 4.06. The molecule has 0 radical (unpaired) electrons. The molecular weight excluding hydrogens is 310 g/mol. The molecule has 0 saturated heterocycles. The molecular formula is C22H31NO2. The van der Waals surface area contributed by atoms with Crippen molar-refractivity contribution in [2.75, 3.05) is 33.0 Å². The number of benzene rings is 2. The zero-order valence-corrected chi connectivity index (χ0v) is 15.2. The summed E-state index contributed by atoms with van der Waals surface area (Å²) in [5.74, 6) is 0. The Labute approximate surface area is 152 Å². The van der Waals surface area contributed by atoms with E-state index in [-0.39, 0.29) is 0 Å². The van der Waals surface area contributed by atoms with Crippen LogP contribution in [0.3, 0.4) is 0 Å². The SMILES string of the molecule is c1ccc(CCCCCOCCOCCNCc2ccccc2)cc1. The minimum atomic E-state index is 0.678. The molecule has 2 aromatic carbocycles. The Kier molecular flexibility index (Phi) is 10.7. The zero-order chi connectivity index (χ0) is 17.4. The lowest BCUT2D eigenvalue weighted by molar-refractivity contribution is 0.0473. The van der Waals surface area contributed by atoms with E-state index in [9.17, 15) is 0 Å². The molecule has 3 heteroatoms. The Balaban J connectivity index is 1.30. The highest BCUT2D eigenvalue weighted by atomic mass is 16.5. The lowest BCUT2D eigenvalue weighted by Crippen LogP contribution is -2.20. The van der Waals surface area contributed by atoms with Gasteiger partial charge in [-0.25, -0.2) is 0 Å². The van der Waals surface area contributed by atoms with Crippen molar-refractivity contribution in [3.8, 4) is 0 Å². The van der Waals surface area contributed by atoms with E-state index in [0.29, 0.717) is 13.2 Å². The van der Waals surface area contributed by atoms with E-state index in [1.54, 1.807) is 0 Å². The number of nitrogens with one attached hydrogen (secondary N) is 1. The van der Waals surface area contributed by atoms with E-state index < -0.39 is 0 Å². The molecule has 0 atom stereocenters. The molecule has 0 unspecified atom stereocenters. The summed E-state index contributed by atoms with van der Waals surface area (Å²) < 4.78 is 11.2. The summed E-state index contributed by atoms with van der Waals surface area (Å²) in [5, 5.41) is 3.37. The summed E-state index contributed by atoms with van der Waals surface area (Å²) in [6.45, 7) is 4.70. The summed E-state index contributed by atoms with van der Waals surface area (Å²) in [7, 11) is 0. The monoisotopic (exact) mass is 341 g/mol. The van der Waals surface area contributed by atoms with Crippen LogP contribution in [0.25, 0.3) is 0 Å². The van der Waals surface area contributed by atoms with Crippen molar-refractivity contribution >= 4 is 0 Å². The first-order valence-electron chi connectivity index (χ1n) is 9.39. The second-order valence-corrected chi connectivity index (χ2v) is 6.18. The summed E-state index contributed by atoms with van der Waals surface area (Å²) in [5.41, 5.74) is 2.73. The summed E-state index contributed by atoms with van der Waals surface area (Å²) in [4.78, 5) is 0. The van der Waals surface area contributed by atoms with Gasteiger partial charge in [-0.1, -0.05) is 67.1 Å². The Morgan fingerprint density at radius 3 is 1.96 bits per heavy atom. The smallest absolute Gasteiger partial charge is 0.0701 e. The van der Waals surface area contributed by atoms with Gasteiger partial charge in [-0.15, -0.1) is 0 Å². The zero-order valence-electron chi connectivity index (χ0n) is 15.2. The highest BCUT2D eigenvalue weighted by Gasteiger charge is 1.95. The predicted octanol–water partition coefficient (Wildman–Crippen LogP) is 4.22. The van der Waals surface area contributed by atoms with E-state index in [1.165, 1.54) is 30.4 Å². The third kappa shape index (κ3) is 10.0. The molecule has 25 heavy (non-hydrogen) atoms. The van der Waals surface area contributed by atoms with Crippen molar-refractivity contribution in [1.29, 1.82) is 0 Å². The molecule has 3 nitrogen and oxygen atoms in total. The maximum atomic E-state index is 5.62. The Morgan fingerprint density at radius 1 is 0.600 bits per heavy atom. The van der Waals surface area contributed by atoms with E-state index >= 15 is 0 Å². The number of aryl methyl sites for hydroxylation is 1. The normalized spacial score (nSPS) is 10.9. The average Bonchev–Trinajstić information content (AvgIpc) is 2.67. The molecule has 0 aliphatic carbocycles. The molecule has 2 rings (SSSR count). The number of hydrogen-bond acceptors (Lipinski definition) is 3. The second-order valence-electron chi connectivity index (χ2n) is 6.18. The first-order valence-corrected chi connectivity index (χ1v) is 9.39. The molecule has 136 valence electrons. The first-order chi connectivity index (χ1) is 12.4. The van der Waals surface area contributed by atoms with Crippen molar-refractivity contribution < 1.29 is 9.47 Å². The van der Waals surface area contributed by atoms with Gasteiger partial charge in [0.05, 0.1) is 19.8 Å². The molecule has 0 aliphatic rings. The molecule has 1 N–H and O–H groups in total. The van der Waals surface area contributed by atoms with Gasteiger partial charge in [-0.2, -0.15) is 0 Å². The Bertz CT molecular complexity index is 481. The van der Waals surface area contributed by atoms with Crippen LogP contribution in [0.1, 0.15) is 30.4 Å². The molecule has 0 fully saturated rings. The molecule has 0 saturated carbocycles. The van der Waals surface area contributed by atoms with Gasteiger partial charge in [0, 0.05) is 19.7 Å². The molecule has 0 heterocycles. The maximum Gasteiger partial charge on any atom is 0.0701 e. The quantitative estimate of drug-likeness (QED) is 0.522. The largest absolute Gasteiger partial charge is 0.379 e. The topological polar surface area (TPSA) is 30.5 Å². The fraction of sp³-hybridized carbons (Fsp3) is 0.455. The molecule has 0 bridgehead atoms. The second kappa shape index (κ2) is 13.6. The highest BCUT2D eigenvalue weighted by Crippen LogP contribution is 2.06. The van der Waals surface area contributed by atoms with Crippen LogP contribution in [-0.2, 0) is 22.4 Å². The minimum Gasteiger partial charge on any atom is -0.379 e. The van der Waals surface area contributed by atoms with E-state index in [1.807, 2.05) is 6.07 Å². The van der Waals surface area contributed by atoms with Crippen LogP contribution in [0.2, 0.25) is 0 Å². The van der Waals surface area contributed by atoms with Gasteiger partial charge in [0.15, 0.2) is 0 Å². The number of ether oxygens (including phenoxy) is 2. The Hall–Kier alpha value is -1.68. The minimum absolute atomic E-state index is 0.678. The van der Waals surface area contributed by atoms with Crippen molar-refractivity contribution in [2.24, 2.45) is 0 Å². The average molecular weight is 341 g/mol. The third-order valence-corrected chi connectivity index (χ3v) is 4.06. The predicted molar refractivity (Wildman–Crippen MR) is 104 cm³/mol. The van der Waals surface area contributed by atoms with E-state index in [2.05, 4.69) is 59.9 Å². The van der Waals surface area contributed by atoms with Crippen LogP contribution in [0.5, 0.6) is 0 Å². The van der Waals surface area contributed by atoms with Crippen molar-refractivity contribution in [2.45, 2.75) is 32.2 Å². The van der Waals surface area contributed by atoms with E-state index in [4.69, 9.17) is 9.47 Å². The van der Waals surface area contributed by atoms with Crippen LogP contribution in [0, 0.1) is 0 Å². The van der Waals surface area contributed by atoms with Crippen LogP contribution in [-0.4, -0.2) is 33.0 Å². The molecule has 0 aromatic heterocycles. The van der Waals surface area contributed by atoms with Gasteiger partial charge in [0.25, 0.3) is 0 Å². The molecule has 0 aliphatic heterocycles. The molecule has 2 aromatic rings. The van der Waals surface area contributed by atoms with Gasteiger partial charge in [0.2, 0.25) is 0 Å². The van der Waals surface area contributed by atoms with Crippen LogP contribution in [0.15, 0.2) is 60.7 Å². The number of hydrogen-bond donors (Lipinski definition) is 1. The first kappa shape index (κ1) is 19.6. The Morgan fingerprint density at radius 2 is 1.24 bits per heavy atom. The number of rotatable bonds is 14. The van der Waals surface area contributed by atoms with Crippen LogP contribution in [0.4, 0.5) is 0 Å². The van der Waals surface area contributed by atoms with Crippen molar-refractivity contribution in [1.82, 2.24) is 5.32 Å². The maximum absolute atomic E-state index is 5.62. The van der Waals surface area contributed by atoms with E-state index in [0.717, 1.165) is 32.7 Å².